The number of amides is 2. The number of methoxy groups -OCH3 is 1. The van der Waals surface area contributed by atoms with Gasteiger partial charge in [-0.1, -0.05) is 12.1 Å². The minimum atomic E-state index is -0.106. The predicted octanol–water partition coefficient (Wildman–Crippen LogP) is 1.33. The first-order valence-corrected chi connectivity index (χ1v) is 9.02. The van der Waals surface area contributed by atoms with Gasteiger partial charge in [-0.05, 0) is 43.4 Å². The summed E-state index contributed by atoms with van der Waals surface area (Å²) < 4.78 is 5.14. The molecule has 0 aromatic heterocycles. The number of carbonyl (C=O) groups is 2. The highest BCUT2D eigenvalue weighted by Crippen LogP contribution is 2.18. The van der Waals surface area contributed by atoms with E-state index in [-0.39, 0.29) is 17.7 Å². The lowest BCUT2D eigenvalue weighted by atomic mass is 9.96. The quantitative estimate of drug-likeness (QED) is 0.743. The van der Waals surface area contributed by atoms with Gasteiger partial charge >= 0.3 is 0 Å². The molecule has 1 aromatic carbocycles. The zero-order valence-corrected chi connectivity index (χ0v) is 15.0. The van der Waals surface area contributed by atoms with Gasteiger partial charge in [-0.15, -0.1) is 0 Å². The number of ether oxygens (including phenoxy) is 1. The van der Waals surface area contributed by atoms with Crippen molar-refractivity contribution in [2.24, 2.45) is 11.7 Å². The molecule has 138 valence electrons. The Bertz CT molecular complexity index is 560. The fourth-order valence-corrected chi connectivity index (χ4v) is 3.15. The number of carbonyl (C=O) groups excluding carboxylic acids is 2. The molecule has 0 radical (unpaired) electrons. The van der Waals surface area contributed by atoms with Crippen molar-refractivity contribution in [3.05, 3.63) is 29.8 Å². The van der Waals surface area contributed by atoms with E-state index >= 15 is 0 Å². The Morgan fingerprint density at radius 2 is 2.08 bits per heavy atom. The van der Waals surface area contributed by atoms with E-state index in [2.05, 4.69) is 5.32 Å². The Morgan fingerprint density at radius 3 is 2.76 bits per heavy atom. The van der Waals surface area contributed by atoms with E-state index in [1.165, 1.54) is 5.56 Å². The molecule has 25 heavy (non-hydrogen) atoms. The number of piperidine rings is 1. The van der Waals surface area contributed by atoms with Gasteiger partial charge in [0.05, 0.1) is 13.0 Å². The van der Waals surface area contributed by atoms with E-state index in [1.54, 1.807) is 7.11 Å². The molecule has 0 bridgehead atoms. The number of hydrogen-bond donors (Lipinski definition) is 2. The number of benzene rings is 1. The van der Waals surface area contributed by atoms with E-state index in [4.69, 9.17) is 10.5 Å². The molecule has 6 nitrogen and oxygen atoms in total. The second kappa shape index (κ2) is 10.0. The van der Waals surface area contributed by atoms with Crippen molar-refractivity contribution < 1.29 is 14.3 Å². The van der Waals surface area contributed by atoms with Crippen molar-refractivity contribution in [3.63, 3.8) is 0 Å². The lowest BCUT2D eigenvalue weighted by Crippen LogP contribution is -2.46. The smallest absolute Gasteiger partial charge is 0.224 e. The summed E-state index contributed by atoms with van der Waals surface area (Å²) in [6.07, 6.45) is 3.91. The highest BCUT2D eigenvalue weighted by Gasteiger charge is 2.27. The number of hydrogen-bond acceptors (Lipinski definition) is 4. The van der Waals surface area contributed by atoms with Crippen LogP contribution in [0.5, 0.6) is 5.75 Å². The fourth-order valence-electron chi connectivity index (χ4n) is 3.15. The molecule has 0 spiro atoms. The van der Waals surface area contributed by atoms with Crippen molar-refractivity contribution in [3.8, 4) is 5.75 Å². The SMILES string of the molecule is COc1ccc(CCCC(=O)N2CCCC(C(=O)NCCN)C2)cc1. The van der Waals surface area contributed by atoms with E-state index in [0.717, 1.165) is 38.0 Å². The maximum absolute atomic E-state index is 12.4. The highest BCUT2D eigenvalue weighted by molar-refractivity contribution is 5.81. The van der Waals surface area contributed by atoms with Gasteiger partial charge < -0.3 is 20.7 Å². The molecular formula is C19H29N3O3. The van der Waals surface area contributed by atoms with E-state index < -0.39 is 0 Å². The van der Waals surface area contributed by atoms with E-state index in [0.29, 0.717) is 26.1 Å². The summed E-state index contributed by atoms with van der Waals surface area (Å²) >= 11 is 0. The maximum atomic E-state index is 12.4. The van der Waals surface area contributed by atoms with Crippen LogP contribution in [0.25, 0.3) is 0 Å². The maximum Gasteiger partial charge on any atom is 0.224 e. The van der Waals surface area contributed by atoms with Gasteiger partial charge in [0.2, 0.25) is 11.8 Å². The van der Waals surface area contributed by atoms with Crippen LogP contribution in [-0.4, -0.2) is 50.0 Å². The molecule has 2 rings (SSSR count). The first kappa shape index (κ1) is 19.2. The molecule has 1 heterocycles. The van der Waals surface area contributed by atoms with Crippen molar-refractivity contribution in [2.45, 2.75) is 32.1 Å². The molecule has 0 saturated carbocycles. The number of nitrogens with zero attached hydrogens (tertiary/aromatic N) is 1. The molecule has 1 fully saturated rings. The van der Waals surface area contributed by atoms with Crippen LogP contribution in [0.1, 0.15) is 31.2 Å². The lowest BCUT2D eigenvalue weighted by molar-refractivity contribution is -0.135. The Hall–Kier alpha value is -2.08. The van der Waals surface area contributed by atoms with Crippen LogP contribution in [0.2, 0.25) is 0 Å². The molecule has 1 unspecified atom stereocenters. The summed E-state index contributed by atoms with van der Waals surface area (Å²) in [6, 6.07) is 7.93. The number of rotatable bonds is 8. The van der Waals surface area contributed by atoms with Crippen LogP contribution in [0.3, 0.4) is 0 Å². The Balaban J connectivity index is 1.74. The van der Waals surface area contributed by atoms with Gasteiger partial charge in [0.1, 0.15) is 5.75 Å². The number of aryl methyl sites for hydroxylation is 1. The van der Waals surface area contributed by atoms with Gasteiger partial charge in [0, 0.05) is 32.6 Å². The lowest BCUT2D eigenvalue weighted by Gasteiger charge is -2.32. The molecule has 0 aliphatic carbocycles. The Labute approximate surface area is 149 Å². The predicted molar refractivity (Wildman–Crippen MR) is 97.3 cm³/mol. The normalized spacial score (nSPS) is 17.2. The molecule has 1 aliphatic heterocycles. The third-order valence-corrected chi connectivity index (χ3v) is 4.60. The molecule has 1 aliphatic rings. The molecule has 2 amide bonds. The van der Waals surface area contributed by atoms with Gasteiger partial charge in [0.25, 0.3) is 0 Å². The third-order valence-electron chi connectivity index (χ3n) is 4.60. The van der Waals surface area contributed by atoms with Crippen LogP contribution in [-0.2, 0) is 16.0 Å². The molecule has 1 aromatic rings. The number of likely N-dealkylation sites (tertiary alicyclic amines) is 1. The Kier molecular flexibility index (Phi) is 7.73. The van der Waals surface area contributed by atoms with Crippen LogP contribution in [0.15, 0.2) is 24.3 Å². The van der Waals surface area contributed by atoms with Crippen LogP contribution in [0, 0.1) is 5.92 Å². The van der Waals surface area contributed by atoms with Crippen molar-refractivity contribution in [1.82, 2.24) is 10.2 Å². The summed E-state index contributed by atoms with van der Waals surface area (Å²) in [5.74, 6) is 0.893. The molecule has 1 saturated heterocycles. The molecule has 3 N–H and O–H groups in total. The first-order valence-electron chi connectivity index (χ1n) is 9.02. The van der Waals surface area contributed by atoms with Crippen LogP contribution in [0.4, 0.5) is 0 Å². The third kappa shape index (κ3) is 6.05. The highest BCUT2D eigenvalue weighted by atomic mass is 16.5. The zero-order valence-electron chi connectivity index (χ0n) is 15.0. The summed E-state index contributed by atoms with van der Waals surface area (Å²) in [7, 11) is 1.65. The summed E-state index contributed by atoms with van der Waals surface area (Å²) in [4.78, 5) is 26.3. The average Bonchev–Trinajstić information content (AvgIpc) is 2.66. The van der Waals surface area contributed by atoms with Gasteiger partial charge in [-0.25, -0.2) is 0 Å². The summed E-state index contributed by atoms with van der Waals surface area (Å²) in [5, 5.41) is 2.82. The minimum Gasteiger partial charge on any atom is -0.497 e. The summed E-state index contributed by atoms with van der Waals surface area (Å²) in [5.41, 5.74) is 6.61. The van der Waals surface area contributed by atoms with Gasteiger partial charge in [-0.3, -0.25) is 9.59 Å². The zero-order chi connectivity index (χ0) is 18.1. The van der Waals surface area contributed by atoms with Gasteiger partial charge in [-0.2, -0.15) is 0 Å². The number of nitrogens with one attached hydrogen (secondary N) is 1. The van der Waals surface area contributed by atoms with E-state index in [9.17, 15) is 9.59 Å². The molecule has 1 atom stereocenters. The second-order valence-corrected chi connectivity index (χ2v) is 6.46. The molecule has 6 heteroatoms. The number of nitrogens with two attached hydrogens (primary N) is 1. The summed E-state index contributed by atoms with van der Waals surface area (Å²) in [6.45, 7) is 2.21. The average molecular weight is 347 g/mol. The molecular weight excluding hydrogens is 318 g/mol. The van der Waals surface area contributed by atoms with Gasteiger partial charge in [0.15, 0.2) is 0 Å². The minimum absolute atomic E-state index is 0.0150. The van der Waals surface area contributed by atoms with Crippen molar-refractivity contribution >= 4 is 11.8 Å². The standard InChI is InChI=1S/C19H29N3O3/c1-25-17-9-7-15(8-10-17)4-2-6-18(23)22-13-3-5-16(14-22)19(24)21-12-11-20/h7-10,16H,2-6,11-14,20H2,1H3,(H,21,24). The van der Waals surface area contributed by atoms with Crippen LogP contribution < -0.4 is 15.8 Å². The second-order valence-electron chi connectivity index (χ2n) is 6.46. The Morgan fingerprint density at radius 1 is 1.32 bits per heavy atom. The fraction of sp³-hybridized carbons (Fsp3) is 0.579. The van der Waals surface area contributed by atoms with Crippen molar-refractivity contribution in [2.75, 3.05) is 33.3 Å². The van der Waals surface area contributed by atoms with Crippen molar-refractivity contribution in [1.29, 1.82) is 0 Å². The monoisotopic (exact) mass is 347 g/mol. The topological polar surface area (TPSA) is 84.7 Å². The van der Waals surface area contributed by atoms with Crippen LogP contribution >= 0.6 is 0 Å². The largest absolute Gasteiger partial charge is 0.497 e. The first-order chi connectivity index (χ1) is 12.1. The van der Waals surface area contributed by atoms with E-state index in [1.807, 2.05) is 29.2 Å².